The third kappa shape index (κ3) is 3.55. The minimum atomic E-state index is -0.605. The molecule has 2 heterocycles. The van der Waals surface area contributed by atoms with Crippen molar-refractivity contribution in [1.29, 1.82) is 0 Å². The summed E-state index contributed by atoms with van der Waals surface area (Å²) in [5.41, 5.74) is 2.27. The molecule has 7 heteroatoms. The zero-order valence-corrected chi connectivity index (χ0v) is 15.8. The van der Waals surface area contributed by atoms with Crippen LogP contribution in [0.1, 0.15) is 17.4 Å². The Morgan fingerprint density at radius 1 is 1.00 bits per heavy atom. The van der Waals surface area contributed by atoms with Crippen LogP contribution in [0.3, 0.4) is 0 Å². The Morgan fingerprint density at radius 2 is 1.68 bits per heavy atom. The Balaban J connectivity index is 1.35. The Kier molecular flexibility index (Phi) is 4.97. The minimum Gasteiger partial charge on any atom is -0.368 e. The lowest BCUT2D eigenvalue weighted by molar-refractivity contribution is -0.133. The van der Waals surface area contributed by atoms with Crippen molar-refractivity contribution in [1.82, 2.24) is 20.4 Å². The lowest BCUT2D eigenvalue weighted by Crippen LogP contribution is -2.54. The van der Waals surface area contributed by atoms with E-state index in [9.17, 15) is 9.59 Å². The van der Waals surface area contributed by atoms with E-state index in [1.807, 2.05) is 47.4 Å². The van der Waals surface area contributed by atoms with E-state index in [4.69, 9.17) is 0 Å². The molecule has 1 aliphatic heterocycles. The lowest BCUT2D eigenvalue weighted by Gasteiger charge is -2.37. The maximum Gasteiger partial charge on any atom is 0.273 e. The van der Waals surface area contributed by atoms with E-state index >= 15 is 0 Å². The van der Waals surface area contributed by atoms with Gasteiger partial charge in [0.1, 0.15) is 6.04 Å². The van der Waals surface area contributed by atoms with Crippen molar-refractivity contribution < 1.29 is 9.59 Å². The van der Waals surface area contributed by atoms with E-state index in [1.165, 1.54) is 5.69 Å². The summed E-state index contributed by atoms with van der Waals surface area (Å²) in [5.74, 6) is -0.415. The number of fused-ring (bicyclic) bond motifs is 1. The standard InChI is InChI=1S/C21H23N5O2/c1-15(22-20(27)19-17-9-5-6-10-18(17)23-24-19)21(28)26-13-11-25(12-14-26)16-7-3-2-4-8-16/h2-10,15H,11-14H2,1H3,(H,22,27)(H,23,24). The van der Waals surface area contributed by atoms with Crippen molar-refractivity contribution in [2.24, 2.45) is 0 Å². The predicted molar refractivity (Wildman–Crippen MR) is 108 cm³/mol. The fraction of sp³-hybridized carbons (Fsp3) is 0.286. The molecule has 1 aromatic heterocycles. The molecule has 1 unspecified atom stereocenters. The van der Waals surface area contributed by atoms with Gasteiger partial charge in [-0.25, -0.2) is 0 Å². The van der Waals surface area contributed by atoms with Crippen LogP contribution in [-0.4, -0.2) is 59.1 Å². The molecule has 0 aliphatic carbocycles. The van der Waals surface area contributed by atoms with Gasteiger partial charge in [-0.2, -0.15) is 5.10 Å². The molecule has 4 rings (SSSR count). The molecule has 1 aliphatic rings. The van der Waals surface area contributed by atoms with E-state index < -0.39 is 6.04 Å². The van der Waals surface area contributed by atoms with Crippen LogP contribution in [-0.2, 0) is 4.79 Å². The molecule has 28 heavy (non-hydrogen) atoms. The molecule has 0 radical (unpaired) electrons. The molecule has 0 bridgehead atoms. The maximum atomic E-state index is 12.8. The van der Waals surface area contributed by atoms with Gasteiger partial charge in [0.25, 0.3) is 5.91 Å². The first-order valence-electron chi connectivity index (χ1n) is 9.46. The van der Waals surface area contributed by atoms with Crippen molar-refractivity contribution in [2.75, 3.05) is 31.1 Å². The highest BCUT2D eigenvalue weighted by molar-refractivity contribution is 6.05. The average Bonchev–Trinajstić information content (AvgIpc) is 3.18. The minimum absolute atomic E-state index is 0.0686. The van der Waals surface area contributed by atoms with Gasteiger partial charge in [0, 0.05) is 37.3 Å². The molecule has 2 amide bonds. The van der Waals surface area contributed by atoms with Gasteiger partial charge in [-0.1, -0.05) is 36.4 Å². The second-order valence-corrected chi connectivity index (χ2v) is 6.96. The van der Waals surface area contributed by atoms with Crippen LogP contribution in [0.5, 0.6) is 0 Å². The van der Waals surface area contributed by atoms with E-state index in [0.717, 1.165) is 24.0 Å². The van der Waals surface area contributed by atoms with Crippen molar-refractivity contribution in [3.8, 4) is 0 Å². The summed E-state index contributed by atoms with van der Waals surface area (Å²) in [5, 5.41) is 10.5. The number of piperazine rings is 1. The summed E-state index contributed by atoms with van der Waals surface area (Å²) >= 11 is 0. The number of aromatic amines is 1. The number of aromatic nitrogens is 2. The molecule has 7 nitrogen and oxygen atoms in total. The molecule has 2 aromatic carbocycles. The van der Waals surface area contributed by atoms with E-state index in [-0.39, 0.29) is 11.8 Å². The van der Waals surface area contributed by atoms with E-state index in [1.54, 1.807) is 6.92 Å². The molecular formula is C21H23N5O2. The number of carbonyl (C=O) groups excluding carboxylic acids is 2. The largest absolute Gasteiger partial charge is 0.368 e. The Morgan fingerprint density at radius 3 is 2.43 bits per heavy atom. The predicted octanol–water partition coefficient (Wildman–Crippen LogP) is 2.03. The van der Waals surface area contributed by atoms with Gasteiger partial charge in [-0.05, 0) is 25.1 Å². The third-order valence-corrected chi connectivity index (χ3v) is 5.12. The van der Waals surface area contributed by atoms with Crippen molar-refractivity contribution >= 4 is 28.4 Å². The van der Waals surface area contributed by atoms with Crippen molar-refractivity contribution in [3.63, 3.8) is 0 Å². The average molecular weight is 377 g/mol. The summed E-state index contributed by atoms with van der Waals surface area (Å²) in [6, 6.07) is 17.0. The number of carbonyl (C=O) groups is 2. The summed E-state index contributed by atoms with van der Waals surface area (Å²) in [6.07, 6.45) is 0. The van der Waals surface area contributed by atoms with Crippen LogP contribution in [0.15, 0.2) is 54.6 Å². The fourth-order valence-electron chi connectivity index (χ4n) is 3.56. The SMILES string of the molecule is CC(NC(=O)c1n[nH]c2ccccc12)C(=O)N1CCN(c2ccccc2)CC1. The Hall–Kier alpha value is -3.35. The second kappa shape index (κ2) is 7.72. The molecule has 1 saturated heterocycles. The quantitative estimate of drug-likeness (QED) is 0.729. The number of anilines is 1. The summed E-state index contributed by atoms with van der Waals surface area (Å²) in [7, 11) is 0. The van der Waals surface area contributed by atoms with Gasteiger partial charge in [-0.15, -0.1) is 0 Å². The van der Waals surface area contributed by atoms with Gasteiger partial charge < -0.3 is 15.1 Å². The molecule has 3 aromatic rings. The fourth-order valence-corrected chi connectivity index (χ4v) is 3.56. The number of nitrogens with zero attached hydrogens (tertiary/aromatic N) is 3. The molecule has 144 valence electrons. The van der Waals surface area contributed by atoms with E-state index in [0.29, 0.717) is 18.8 Å². The van der Waals surface area contributed by atoms with Gasteiger partial charge in [0.15, 0.2) is 5.69 Å². The van der Waals surface area contributed by atoms with Crippen LogP contribution in [0.25, 0.3) is 10.9 Å². The smallest absolute Gasteiger partial charge is 0.273 e. The molecule has 1 fully saturated rings. The van der Waals surface area contributed by atoms with Crippen LogP contribution in [0, 0.1) is 0 Å². The normalized spacial score (nSPS) is 15.5. The molecule has 0 spiro atoms. The third-order valence-electron chi connectivity index (χ3n) is 5.12. The van der Waals surface area contributed by atoms with Gasteiger partial charge in [0.2, 0.25) is 5.91 Å². The van der Waals surface area contributed by atoms with Crippen LogP contribution < -0.4 is 10.2 Å². The molecule has 0 saturated carbocycles. The Bertz CT molecular complexity index is 977. The maximum absolute atomic E-state index is 12.8. The zero-order chi connectivity index (χ0) is 19.5. The van der Waals surface area contributed by atoms with Crippen molar-refractivity contribution in [3.05, 3.63) is 60.3 Å². The van der Waals surface area contributed by atoms with Crippen LogP contribution >= 0.6 is 0 Å². The highest BCUT2D eigenvalue weighted by atomic mass is 16.2. The van der Waals surface area contributed by atoms with Gasteiger partial charge in [0.05, 0.1) is 5.52 Å². The molecule has 1 atom stereocenters. The molecule has 2 N–H and O–H groups in total. The van der Waals surface area contributed by atoms with Crippen LogP contribution in [0.2, 0.25) is 0 Å². The number of nitrogens with one attached hydrogen (secondary N) is 2. The molecular weight excluding hydrogens is 354 g/mol. The second-order valence-electron chi connectivity index (χ2n) is 6.96. The van der Waals surface area contributed by atoms with Crippen molar-refractivity contribution in [2.45, 2.75) is 13.0 Å². The zero-order valence-electron chi connectivity index (χ0n) is 15.8. The number of amides is 2. The van der Waals surface area contributed by atoms with Gasteiger partial charge >= 0.3 is 0 Å². The monoisotopic (exact) mass is 377 g/mol. The highest BCUT2D eigenvalue weighted by Gasteiger charge is 2.27. The van der Waals surface area contributed by atoms with Gasteiger partial charge in [-0.3, -0.25) is 14.7 Å². The first-order valence-corrected chi connectivity index (χ1v) is 9.46. The number of H-pyrrole nitrogens is 1. The number of benzene rings is 2. The lowest BCUT2D eigenvalue weighted by atomic mass is 10.2. The summed E-state index contributed by atoms with van der Waals surface area (Å²) in [4.78, 5) is 29.4. The van der Waals surface area contributed by atoms with Crippen LogP contribution in [0.4, 0.5) is 5.69 Å². The number of para-hydroxylation sites is 2. The number of hydrogen-bond acceptors (Lipinski definition) is 4. The van der Waals surface area contributed by atoms with E-state index in [2.05, 4.69) is 32.5 Å². The Labute approximate surface area is 163 Å². The first kappa shape index (κ1) is 18.0. The number of rotatable bonds is 4. The first-order chi connectivity index (χ1) is 13.6. The number of hydrogen-bond donors (Lipinski definition) is 2. The summed E-state index contributed by atoms with van der Waals surface area (Å²) < 4.78 is 0. The summed E-state index contributed by atoms with van der Waals surface area (Å²) in [6.45, 7) is 4.55. The topological polar surface area (TPSA) is 81.3 Å². The highest BCUT2D eigenvalue weighted by Crippen LogP contribution is 2.17.